The molecule has 2 N–H and O–H groups in total. The van der Waals surface area contributed by atoms with Gasteiger partial charge in [0.05, 0.1) is 27.7 Å². The molecule has 0 saturated heterocycles. The lowest BCUT2D eigenvalue weighted by molar-refractivity contribution is -0.126. The molecule has 0 aliphatic carbocycles. The number of unbranched alkanes of at least 4 members (excludes halogenated alkanes) is 1. The van der Waals surface area contributed by atoms with Crippen LogP contribution in [0.1, 0.15) is 86.4 Å². The van der Waals surface area contributed by atoms with Crippen molar-refractivity contribution in [3.8, 4) is 17.0 Å². The number of carboxylic acids is 1. The number of aromatic nitrogens is 2. The van der Waals surface area contributed by atoms with Crippen LogP contribution in [0.25, 0.3) is 11.3 Å². The van der Waals surface area contributed by atoms with Gasteiger partial charge < -0.3 is 19.7 Å². The summed E-state index contributed by atoms with van der Waals surface area (Å²) in [5.74, 6) is 0.272. The number of nitrogens with zero attached hydrogens (tertiary/aromatic N) is 2. The molecule has 268 valence electrons. The fourth-order valence-corrected chi connectivity index (χ4v) is 6.09. The molecule has 51 heavy (non-hydrogen) atoms. The first-order valence-corrected chi connectivity index (χ1v) is 18.2. The number of hydrogen-bond acceptors (Lipinski definition) is 4. The van der Waals surface area contributed by atoms with Crippen LogP contribution < -0.4 is 10.1 Å². The topological polar surface area (TPSA) is 93.5 Å². The molecule has 1 heterocycles. The fourth-order valence-electron chi connectivity index (χ4n) is 5.45. The summed E-state index contributed by atoms with van der Waals surface area (Å²) in [5, 5.41) is 14.1. The molecule has 5 rings (SSSR count). The number of carbonyl (C=O) groups excluding carboxylic acids is 1. The van der Waals surface area contributed by atoms with Gasteiger partial charge in [-0.2, -0.15) is 0 Å². The number of carbonyl (C=O) groups is 2. The van der Waals surface area contributed by atoms with E-state index in [-0.39, 0.29) is 11.5 Å². The molecule has 10 heteroatoms. The number of aryl methyl sites for hydroxylation is 1. The highest BCUT2D eigenvalue weighted by atomic mass is 35.5. The standard InChI is InChI=1S/C39H38Cl3N3O4.C2H6/c1-4-5-20-45-23-35(32-19-16-30(41)22-33(32)42)43-36(45)34(44-38(48)39(2,3)28-12-14-29(40)15-13-28)21-25-8-17-31(18-9-25)49-24-26-6-10-27(11-7-26)37(46)47;1-2/h6-19,22-23,34H,4-5,20-21,24H2,1-3H3,(H,44,48)(H,46,47);1-2H3. The summed E-state index contributed by atoms with van der Waals surface area (Å²) in [4.78, 5) is 30.3. The molecule has 1 amide bonds. The van der Waals surface area contributed by atoms with Crippen molar-refractivity contribution < 1.29 is 19.4 Å². The SMILES string of the molecule is CC.CCCCn1cc(-c2ccc(Cl)cc2Cl)nc1C(Cc1ccc(OCc2ccc(C(=O)O)cc2)cc1)NC(=O)C(C)(C)c1ccc(Cl)cc1. The molecule has 0 aliphatic heterocycles. The summed E-state index contributed by atoms with van der Waals surface area (Å²) >= 11 is 19.0. The summed E-state index contributed by atoms with van der Waals surface area (Å²) in [7, 11) is 0. The van der Waals surface area contributed by atoms with Crippen LogP contribution in [0.4, 0.5) is 0 Å². The Hall–Kier alpha value is -4.30. The second kappa shape index (κ2) is 18.3. The number of nitrogens with one attached hydrogen (secondary N) is 1. The lowest BCUT2D eigenvalue weighted by Gasteiger charge is -2.28. The maximum absolute atomic E-state index is 14.1. The lowest BCUT2D eigenvalue weighted by atomic mass is 9.83. The largest absolute Gasteiger partial charge is 0.489 e. The van der Waals surface area contributed by atoms with Crippen LogP contribution >= 0.6 is 34.8 Å². The summed E-state index contributed by atoms with van der Waals surface area (Å²) in [6.45, 7) is 10.9. The van der Waals surface area contributed by atoms with Crippen molar-refractivity contribution in [1.29, 1.82) is 0 Å². The van der Waals surface area contributed by atoms with Gasteiger partial charge in [0, 0.05) is 28.4 Å². The predicted molar refractivity (Wildman–Crippen MR) is 207 cm³/mol. The molecule has 1 unspecified atom stereocenters. The minimum atomic E-state index is -0.969. The molecule has 0 spiro atoms. The molecule has 7 nitrogen and oxygen atoms in total. The molecule has 0 bridgehead atoms. The highest BCUT2D eigenvalue weighted by Gasteiger charge is 2.33. The first kappa shape index (κ1) is 39.5. The van der Waals surface area contributed by atoms with Gasteiger partial charge in [-0.15, -0.1) is 0 Å². The zero-order chi connectivity index (χ0) is 37.1. The van der Waals surface area contributed by atoms with Crippen molar-refractivity contribution in [2.45, 2.75) is 78.5 Å². The van der Waals surface area contributed by atoms with E-state index in [0.29, 0.717) is 39.5 Å². The van der Waals surface area contributed by atoms with Crippen LogP contribution in [0.3, 0.4) is 0 Å². The number of halogens is 3. The maximum atomic E-state index is 14.1. The molecular weight excluding hydrogens is 705 g/mol. The van der Waals surface area contributed by atoms with E-state index < -0.39 is 17.4 Å². The zero-order valence-electron chi connectivity index (χ0n) is 29.6. The Morgan fingerprint density at radius 2 is 1.51 bits per heavy atom. The van der Waals surface area contributed by atoms with Gasteiger partial charge >= 0.3 is 5.97 Å². The smallest absolute Gasteiger partial charge is 0.335 e. The van der Waals surface area contributed by atoms with Gasteiger partial charge in [-0.1, -0.05) is 98.4 Å². The van der Waals surface area contributed by atoms with Crippen molar-refractivity contribution in [2.24, 2.45) is 0 Å². The van der Waals surface area contributed by atoms with Crippen molar-refractivity contribution >= 4 is 46.7 Å². The zero-order valence-corrected chi connectivity index (χ0v) is 31.8. The highest BCUT2D eigenvalue weighted by molar-refractivity contribution is 6.36. The van der Waals surface area contributed by atoms with E-state index in [1.807, 2.05) is 76.4 Å². The number of ether oxygens (including phenoxy) is 1. The van der Waals surface area contributed by atoms with Crippen LogP contribution in [0.5, 0.6) is 5.75 Å². The third-order valence-corrected chi connectivity index (χ3v) is 9.29. The second-order valence-corrected chi connectivity index (χ2v) is 13.7. The minimum absolute atomic E-state index is 0.148. The fraction of sp³-hybridized carbons (Fsp3) is 0.293. The average molecular weight is 749 g/mol. The number of amides is 1. The van der Waals surface area contributed by atoms with Gasteiger partial charge in [-0.25, -0.2) is 9.78 Å². The molecule has 5 aromatic rings. The van der Waals surface area contributed by atoms with Gasteiger partial charge in [0.25, 0.3) is 0 Å². The van der Waals surface area contributed by atoms with Crippen molar-refractivity contribution in [3.05, 3.63) is 140 Å². The first-order chi connectivity index (χ1) is 24.4. The summed E-state index contributed by atoms with van der Waals surface area (Å²) in [6, 6.07) is 26.5. The lowest BCUT2D eigenvalue weighted by Crippen LogP contribution is -2.43. The molecule has 0 radical (unpaired) electrons. The number of rotatable bonds is 14. The average Bonchev–Trinajstić information content (AvgIpc) is 3.55. The normalized spacial score (nSPS) is 11.7. The predicted octanol–water partition coefficient (Wildman–Crippen LogP) is 11.0. The van der Waals surface area contributed by atoms with Crippen LogP contribution in [-0.2, 0) is 29.8 Å². The number of imidazole rings is 1. The molecule has 0 saturated carbocycles. The van der Waals surface area contributed by atoms with E-state index in [9.17, 15) is 9.59 Å². The number of hydrogen-bond donors (Lipinski definition) is 2. The Kier molecular flexibility index (Phi) is 14.1. The second-order valence-electron chi connectivity index (χ2n) is 12.5. The monoisotopic (exact) mass is 747 g/mol. The maximum Gasteiger partial charge on any atom is 0.335 e. The molecule has 0 fully saturated rings. The van der Waals surface area contributed by atoms with E-state index in [2.05, 4.69) is 16.8 Å². The third-order valence-electron chi connectivity index (χ3n) is 8.49. The molecule has 4 aromatic carbocycles. The van der Waals surface area contributed by atoms with Gasteiger partial charge in [0.15, 0.2) is 0 Å². The molecule has 1 atom stereocenters. The van der Waals surface area contributed by atoms with Crippen LogP contribution in [0.15, 0.2) is 97.2 Å². The summed E-state index contributed by atoms with van der Waals surface area (Å²) in [6.07, 6.45) is 4.37. The number of aromatic carboxylic acids is 1. The number of benzene rings is 4. The molecular formula is C41H44Cl3N3O4. The van der Waals surface area contributed by atoms with Crippen molar-refractivity contribution in [2.75, 3.05) is 0 Å². The van der Waals surface area contributed by atoms with Crippen LogP contribution in [0, 0.1) is 0 Å². The van der Waals surface area contributed by atoms with Gasteiger partial charge in [-0.05, 0) is 98.0 Å². The Morgan fingerprint density at radius 1 is 0.882 bits per heavy atom. The van der Waals surface area contributed by atoms with E-state index in [0.717, 1.165) is 47.5 Å². The third kappa shape index (κ3) is 10.4. The van der Waals surface area contributed by atoms with E-state index in [1.54, 1.807) is 48.5 Å². The van der Waals surface area contributed by atoms with Gasteiger partial charge in [0.2, 0.25) is 5.91 Å². The van der Waals surface area contributed by atoms with Crippen LogP contribution in [0.2, 0.25) is 15.1 Å². The number of carboxylic acid groups (broad SMARTS) is 1. The quantitative estimate of drug-likeness (QED) is 0.118. The van der Waals surface area contributed by atoms with Crippen molar-refractivity contribution in [3.63, 3.8) is 0 Å². The molecule has 1 aromatic heterocycles. The van der Waals surface area contributed by atoms with Crippen LogP contribution in [-0.4, -0.2) is 26.5 Å². The Bertz CT molecular complexity index is 1900. The van der Waals surface area contributed by atoms with E-state index in [4.69, 9.17) is 49.6 Å². The highest BCUT2D eigenvalue weighted by Crippen LogP contribution is 2.33. The van der Waals surface area contributed by atoms with Crippen molar-refractivity contribution in [1.82, 2.24) is 14.9 Å². The van der Waals surface area contributed by atoms with E-state index >= 15 is 0 Å². The first-order valence-electron chi connectivity index (χ1n) is 17.1. The van der Waals surface area contributed by atoms with E-state index in [1.165, 1.54) is 0 Å². The van der Waals surface area contributed by atoms with Gasteiger partial charge in [-0.3, -0.25) is 4.79 Å². The summed E-state index contributed by atoms with van der Waals surface area (Å²) < 4.78 is 8.08. The molecule has 0 aliphatic rings. The Labute approximate surface area is 315 Å². The van der Waals surface area contributed by atoms with Gasteiger partial charge in [0.1, 0.15) is 18.2 Å². The Morgan fingerprint density at radius 3 is 2.12 bits per heavy atom. The summed E-state index contributed by atoms with van der Waals surface area (Å²) in [5.41, 5.74) is 3.50. The minimum Gasteiger partial charge on any atom is -0.489 e. The Balaban J connectivity index is 0.00000286.